The quantitative estimate of drug-likeness (QED) is 0.702. The summed E-state index contributed by atoms with van der Waals surface area (Å²) in [6.07, 6.45) is -3.67. The third kappa shape index (κ3) is 4.59. The van der Waals surface area contributed by atoms with Gasteiger partial charge in [-0.2, -0.15) is 13.2 Å². The van der Waals surface area contributed by atoms with Gasteiger partial charge in [-0.3, -0.25) is 4.79 Å². The van der Waals surface area contributed by atoms with Gasteiger partial charge in [0.1, 0.15) is 0 Å². The summed E-state index contributed by atoms with van der Waals surface area (Å²) in [7, 11) is 0. The van der Waals surface area contributed by atoms with E-state index in [4.69, 9.17) is 0 Å². The normalized spacial score (nSPS) is 16.9. The number of nitrogens with one attached hydrogen (secondary N) is 3. The number of amides is 3. The topological polar surface area (TPSA) is 70.2 Å². The first kappa shape index (κ1) is 20.4. The highest BCUT2D eigenvalue weighted by Crippen LogP contribution is 2.32. The minimum atomic E-state index is -4.51. The molecule has 0 aromatic heterocycles. The van der Waals surface area contributed by atoms with Crippen molar-refractivity contribution in [2.45, 2.75) is 32.5 Å². The van der Waals surface area contributed by atoms with Crippen molar-refractivity contribution < 1.29 is 22.8 Å². The van der Waals surface area contributed by atoms with Crippen molar-refractivity contribution >= 4 is 17.6 Å². The molecule has 1 aliphatic heterocycles. The van der Waals surface area contributed by atoms with E-state index in [1.54, 1.807) is 6.92 Å². The van der Waals surface area contributed by atoms with Gasteiger partial charge in [0.15, 0.2) is 0 Å². The summed E-state index contributed by atoms with van der Waals surface area (Å²) in [6, 6.07) is 10.7. The van der Waals surface area contributed by atoms with E-state index in [9.17, 15) is 22.8 Å². The van der Waals surface area contributed by atoms with Crippen LogP contribution in [0.25, 0.3) is 0 Å². The van der Waals surface area contributed by atoms with Gasteiger partial charge in [-0.05, 0) is 42.7 Å². The molecule has 1 atom stereocenters. The second-order valence-electron chi connectivity index (χ2n) is 6.70. The number of hydrogen-bond donors (Lipinski definition) is 3. The number of halogens is 3. The third-order valence-corrected chi connectivity index (χ3v) is 4.68. The molecule has 0 fully saturated rings. The third-order valence-electron chi connectivity index (χ3n) is 4.68. The molecule has 8 heteroatoms. The number of allylic oxidation sites excluding steroid dienone is 1. The number of aryl methyl sites for hydroxylation is 1. The van der Waals surface area contributed by atoms with Crippen molar-refractivity contribution in [1.29, 1.82) is 0 Å². The molecule has 0 radical (unpaired) electrons. The van der Waals surface area contributed by atoms with Crippen LogP contribution in [-0.2, 0) is 17.4 Å². The first-order valence-corrected chi connectivity index (χ1v) is 9.04. The molecule has 1 aliphatic rings. The van der Waals surface area contributed by atoms with Crippen LogP contribution in [0.2, 0.25) is 0 Å². The molecule has 3 rings (SSSR count). The molecule has 2 aromatic rings. The van der Waals surface area contributed by atoms with E-state index < -0.39 is 29.7 Å². The van der Waals surface area contributed by atoms with Crippen molar-refractivity contribution in [2.75, 3.05) is 5.32 Å². The van der Waals surface area contributed by atoms with Crippen LogP contribution in [0.15, 0.2) is 59.8 Å². The Morgan fingerprint density at radius 3 is 2.45 bits per heavy atom. The molecule has 0 saturated carbocycles. The monoisotopic (exact) mass is 403 g/mol. The first-order valence-electron chi connectivity index (χ1n) is 9.04. The number of urea groups is 1. The van der Waals surface area contributed by atoms with E-state index in [0.717, 1.165) is 24.1 Å². The number of alkyl halides is 3. The second kappa shape index (κ2) is 7.98. The van der Waals surface area contributed by atoms with Gasteiger partial charge in [0, 0.05) is 11.4 Å². The highest BCUT2D eigenvalue weighted by atomic mass is 19.4. The predicted molar refractivity (Wildman–Crippen MR) is 103 cm³/mol. The first-order chi connectivity index (χ1) is 13.7. The fourth-order valence-corrected chi connectivity index (χ4v) is 3.16. The summed E-state index contributed by atoms with van der Waals surface area (Å²) in [5.74, 6) is -0.598. The molecule has 3 amide bonds. The van der Waals surface area contributed by atoms with Crippen LogP contribution in [0.4, 0.5) is 23.7 Å². The number of carbonyl (C=O) groups is 2. The molecule has 0 spiro atoms. The van der Waals surface area contributed by atoms with Gasteiger partial charge < -0.3 is 16.0 Å². The molecule has 29 heavy (non-hydrogen) atoms. The Hall–Kier alpha value is -3.29. The van der Waals surface area contributed by atoms with E-state index in [0.29, 0.717) is 11.3 Å². The summed E-state index contributed by atoms with van der Waals surface area (Å²) < 4.78 is 38.8. The molecule has 3 N–H and O–H groups in total. The zero-order valence-electron chi connectivity index (χ0n) is 15.9. The maximum absolute atomic E-state index is 12.9. The molecule has 0 aliphatic carbocycles. The van der Waals surface area contributed by atoms with Crippen molar-refractivity contribution in [3.8, 4) is 0 Å². The van der Waals surface area contributed by atoms with Crippen LogP contribution >= 0.6 is 0 Å². The van der Waals surface area contributed by atoms with Crippen molar-refractivity contribution in [2.24, 2.45) is 0 Å². The summed E-state index contributed by atoms with van der Waals surface area (Å²) in [5, 5.41) is 7.75. The van der Waals surface area contributed by atoms with Crippen LogP contribution in [-0.4, -0.2) is 11.9 Å². The number of carbonyl (C=O) groups excluding carboxylic acids is 2. The lowest BCUT2D eigenvalue weighted by atomic mass is 9.94. The molecule has 2 aromatic carbocycles. The number of rotatable bonds is 4. The molecule has 5 nitrogen and oxygen atoms in total. The molecule has 0 saturated heterocycles. The Balaban J connectivity index is 1.91. The van der Waals surface area contributed by atoms with Gasteiger partial charge in [0.2, 0.25) is 0 Å². The average Bonchev–Trinajstić information content (AvgIpc) is 2.67. The SMILES string of the molecule is CCc1ccc(C2NC(=O)NC(C)=C2C(=O)Nc2cccc(C(F)(F)F)c2)cc1. The van der Waals surface area contributed by atoms with Crippen molar-refractivity contribution in [3.63, 3.8) is 0 Å². The van der Waals surface area contributed by atoms with Gasteiger partial charge in [-0.15, -0.1) is 0 Å². The molecule has 0 bridgehead atoms. The van der Waals surface area contributed by atoms with Crippen molar-refractivity contribution in [3.05, 3.63) is 76.5 Å². The Labute approximate surface area is 166 Å². The molecule has 152 valence electrons. The lowest BCUT2D eigenvalue weighted by molar-refractivity contribution is -0.137. The van der Waals surface area contributed by atoms with Crippen LogP contribution < -0.4 is 16.0 Å². The summed E-state index contributed by atoms with van der Waals surface area (Å²) >= 11 is 0. The Bertz CT molecular complexity index is 966. The zero-order valence-corrected chi connectivity index (χ0v) is 15.9. The average molecular weight is 403 g/mol. The Morgan fingerprint density at radius 1 is 1.14 bits per heavy atom. The summed E-state index contributed by atoms with van der Waals surface area (Å²) in [5.41, 5.74) is 1.52. The summed E-state index contributed by atoms with van der Waals surface area (Å²) in [6.45, 7) is 3.59. The maximum atomic E-state index is 12.9. The van der Waals surface area contributed by atoms with Gasteiger partial charge in [-0.1, -0.05) is 37.3 Å². The second-order valence-corrected chi connectivity index (χ2v) is 6.70. The lowest BCUT2D eigenvalue weighted by Crippen LogP contribution is -2.45. The predicted octanol–water partition coefficient (Wildman–Crippen LogP) is 4.53. The number of hydrogen-bond acceptors (Lipinski definition) is 2. The number of anilines is 1. The molecular formula is C21H20F3N3O2. The fourth-order valence-electron chi connectivity index (χ4n) is 3.16. The maximum Gasteiger partial charge on any atom is 0.416 e. The summed E-state index contributed by atoms with van der Waals surface area (Å²) in [4.78, 5) is 24.9. The van der Waals surface area contributed by atoms with Crippen LogP contribution in [0, 0.1) is 0 Å². The van der Waals surface area contributed by atoms with Gasteiger partial charge >= 0.3 is 12.2 Å². The van der Waals surface area contributed by atoms with Gasteiger partial charge in [0.25, 0.3) is 5.91 Å². The van der Waals surface area contributed by atoms with E-state index in [-0.39, 0.29) is 11.3 Å². The molecule has 1 unspecified atom stereocenters. The number of benzene rings is 2. The van der Waals surface area contributed by atoms with Gasteiger partial charge in [-0.25, -0.2) is 4.79 Å². The van der Waals surface area contributed by atoms with E-state index in [2.05, 4.69) is 16.0 Å². The van der Waals surface area contributed by atoms with Gasteiger partial charge in [0.05, 0.1) is 17.2 Å². The minimum absolute atomic E-state index is 0.0158. The van der Waals surface area contributed by atoms with Crippen LogP contribution in [0.1, 0.15) is 36.6 Å². The highest BCUT2D eigenvalue weighted by molar-refractivity contribution is 6.06. The van der Waals surface area contributed by atoms with E-state index in [1.165, 1.54) is 12.1 Å². The smallest absolute Gasteiger partial charge is 0.327 e. The standard InChI is InChI=1S/C21H20F3N3O2/c1-3-13-7-9-14(10-8-13)18-17(12(2)25-20(29)27-18)19(28)26-16-6-4-5-15(11-16)21(22,23)24/h4-11,18H,3H2,1-2H3,(H,26,28)(H2,25,27,29). The van der Waals surface area contributed by atoms with Crippen LogP contribution in [0.5, 0.6) is 0 Å². The molecule has 1 heterocycles. The lowest BCUT2D eigenvalue weighted by Gasteiger charge is -2.29. The zero-order chi connectivity index (χ0) is 21.2. The highest BCUT2D eigenvalue weighted by Gasteiger charge is 2.33. The van der Waals surface area contributed by atoms with Crippen LogP contribution in [0.3, 0.4) is 0 Å². The van der Waals surface area contributed by atoms with Crippen molar-refractivity contribution in [1.82, 2.24) is 10.6 Å². The van der Waals surface area contributed by atoms with E-state index >= 15 is 0 Å². The largest absolute Gasteiger partial charge is 0.416 e. The Kier molecular flexibility index (Phi) is 5.63. The van der Waals surface area contributed by atoms with E-state index in [1.807, 2.05) is 31.2 Å². The Morgan fingerprint density at radius 2 is 1.83 bits per heavy atom. The fraction of sp³-hybridized carbons (Fsp3) is 0.238. The minimum Gasteiger partial charge on any atom is -0.327 e. The molecular weight excluding hydrogens is 383 g/mol.